The number of rotatable bonds is 5. The van der Waals surface area contributed by atoms with Gasteiger partial charge in [-0.3, -0.25) is 0 Å². The number of hydrogen-bond acceptors (Lipinski definition) is 0. The van der Waals surface area contributed by atoms with E-state index in [1.165, 1.54) is 79.2 Å². The molecule has 2 aromatic carbocycles. The van der Waals surface area contributed by atoms with Crippen LogP contribution in [0.15, 0.2) is 48.0 Å². The average molecular weight is 387 g/mol. The number of allylic oxidation sites excluding steroid dienone is 1. The molecule has 0 heterocycles. The maximum atomic E-state index is 2.57. The molecule has 2 aromatic rings. The summed E-state index contributed by atoms with van der Waals surface area (Å²) < 4.78 is 0. The Bertz CT molecular complexity index is 879. The first-order valence-corrected chi connectivity index (χ1v) is 11.8. The molecular weight excluding hydrogens is 348 g/mol. The maximum absolute atomic E-state index is 2.57. The molecule has 154 valence electrons. The number of hydrogen-bond donors (Lipinski definition) is 0. The molecule has 0 atom stereocenters. The summed E-state index contributed by atoms with van der Waals surface area (Å²) in [5.41, 5.74) is 9.71. The third kappa shape index (κ3) is 4.23. The molecule has 0 aliphatic heterocycles. The molecule has 0 nitrogen and oxygen atoms in total. The zero-order valence-corrected chi connectivity index (χ0v) is 19.0. The first-order chi connectivity index (χ1) is 13.9. The summed E-state index contributed by atoms with van der Waals surface area (Å²) in [6, 6.07) is 16.0. The van der Waals surface area contributed by atoms with E-state index >= 15 is 0 Å². The fourth-order valence-electron chi connectivity index (χ4n) is 5.99. The lowest BCUT2D eigenvalue weighted by molar-refractivity contribution is 0.169. The van der Waals surface area contributed by atoms with E-state index in [4.69, 9.17) is 0 Å². The molecule has 0 bridgehead atoms. The van der Waals surface area contributed by atoms with E-state index in [-0.39, 0.29) is 5.41 Å². The van der Waals surface area contributed by atoms with Crippen LogP contribution in [-0.4, -0.2) is 0 Å². The largest absolute Gasteiger partial charge is 0.0654 e. The van der Waals surface area contributed by atoms with Gasteiger partial charge in [-0.15, -0.1) is 0 Å². The van der Waals surface area contributed by atoms with Crippen molar-refractivity contribution in [2.45, 2.75) is 90.9 Å². The molecule has 1 fully saturated rings. The van der Waals surface area contributed by atoms with Gasteiger partial charge < -0.3 is 0 Å². The highest BCUT2D eigenvalue weighted by atomic mass is 14.4. The normalized spacial score (nSPS) is 18.4. The van der Waals surface area contributed by atoms with Crippen LogP contribution in [0, 0.1) is 5.41 Å². The Labute approximate surface area is 178 Å². The molecule has 0 amide bonds. The molecule has 4 rings (SSSR count). The summed E-state index contributed by atoms with van der Waals surface area (Å²) in [5, 5.41) is 0. The molecular formula is C29H38. The fraction of sp³-hybridized carbons (Fsp3) is 0.517. The van der Waals surface area contributed by atoms with Gasteiger partial charge in [0, 0.05) is 0 Å². The van der Waals surface area contributed by atoms with Crippen molar-refractivity contribution in [1.82, 2.24) is 0 Å². The van der Waals surface area contributed by atoms with Gasteiger partial charge in [0.25, 0.3) is 0 Å². The summed E-state index contributed by atoms with van der Waals surface area (Å²) in [4.78, 5) is 0. The van der Waals surface area contributed by atoms with Gasteiger partial charge in [0.05, 0.1) is 0 Å². The second kappa shape index (κ2) is 8.13. The van der Waals surface area contributed by atoms with Gasteiger partial charge >= 0.3 is 0 Å². The van der Waals surface area contributed by atoms with Crippen molar-refractivity contribution < 1.29 is 0 Å². The van der Waals surface area contributed by atoms with E-state index in [2.05, 4.69) is 76.2 Å². The maximum Gasteiger partial charge on any atom is -0.00574 e. The van der Waals surface area contributed by atoms with Gasteiger partial charge in [0.1, 0.15) is 0 Å². The van der Waals surface area contributed by atoms with Crippen LogP contribution in [0.5, 0.6) is 0 Å². The summed E-state index contributed by atoms with van der Waals surface area (Å²) in [6.07, 6.45) is 15.0. The van der Waals surface area contributed by atoms with E-state index < -0.39 is 0 Å². The third-order valence-electron chi connectivity index (χ3n) is 7.28. The van der Waals surface area contributed by atoms with E-state index in [1.54, 1.807) is 5.57 Å². The zero-order valence-electron chi connectivity index (χ0n) is 19.0. The van der Waals surface area contributed by atoms with Crippen molar-refractivity contribution in [3.8, 4) is 11.1 Å². The average Bonchev–Trinajstić information content (AvgIpc) is 3.10. The van der Waals surface area contributed by atoms with Gasteiger partial charge in [-0.2, -0.15) is 0 Å². The van der Waals surface area contributed by atoms with Crippen LogP contribution < -0.4 is 0 Å². The molecule has 0 saturated heterocycles. The Balaban J connectivity index is 1.69. The molecule has 0 radical (unpaired) electrons. The van der Waals surface area contributed by atoms with E-state index in [0.29, 0.717) is 5.41 Å². The molecule has 0 N–H and O–H groups in total. The summed E-state index contributed by atoms with van der Waals surface area (Å²) in [6.45, 7) is 9.35. The minimum atomic E-state index is 0.151. The Morgan fingerprint density at radius 2 is 1.59 bits per heavy atom. The van der Waals surface area contributed by atoms with Crippen molar-refractivity contribution in [2.75, 3.05) is 0 Å². The molecule has 29 heavy (non-hydrogen) atoms. The first kappa shape index (κ1) is 20.5. The first-order valence-electron chi connectivity index (χ1n) is 11.8. The van der Waals surface area contributed by atoms with Crippen molar-refractivity contribution in [2.24, 2.45) is 5.41 Å². The lowest BCUT2D eigenvalue weighted by Gasteiger charge is -2.38. The standard InChI is InChI=1S/C29H38/c1-5-16-29(17-9-6-10-18-29)21-22-19-23-12-11-14-24(26(23)20-22)25-13-7-8-15-27(25)28(2,3)4/h7-8,11-15,20H,5-6,9-10,16-19,21H2,1-4H3. The second-order valence-corrected chi connectivity index (χ2v) is 10.6. The van der Waals surface area contributed by atoms with Gasteiger partial charge in [0.2, 0.25) is 0 Å². The predicted molar refractivity (Wildman–Crippen MR) is 127 cm³/mol. The Kier molecular flexibility index (Phi) is 5.74. The molecule has 0 unspecified atom stereocenters. The minimum absolute atomic E-state index is 0.151. The van der Waals surface area contributed by atoms with Gasteiger partial charge in [0.15, 0.2) is 0 Å². The van der Waals surface area contributed by atoms with Crippen molar-refractivity contribution in [3.63, 3.8) is 0 Å². The molecule has 0 aromatic heterocycles. The minimum Gasteiger partial charge on any atom is -0.0654 e. The summed E-state index contributed by atoms with van der Waals surface area (Å²) in [7, 11) is 0. The van der Waals surface area contributed by atoms with Crippen LogP contribution in [0.25, 0.3) is 17.2 Å². The quantitative estimate of drug-likeness (QED) is 0.482. The smallest absolute Gasteiger partial charge is 0.00574 e. The summed E-state index contributed by atoms with van der Waals surface area (Å²) >= 11 is 0. The highest BCUT2D eigenvalue weighted by Crippen LogP contribution is 2.48. The van der Waals surface area contributed by atoms with Gasteiger partial charge in [-0.1, -0.05) is 107 Å². The highest BCUT2D eigenvalue weighted by molar-refractivity contribution is 5.82. The third-order valence-corrected chi connectivity index (χ3v) is 7.28. The lowest BCUT2D eigenvalue weighted by Crippen LogP contribution is -2.24. The van der Waals surface area contributed by atoms with E-state index in [1.807, 2.05) is 0 Å². The van der Waals surface area contributed by atoms with Gasteiger partial charge in [-0.05, 0) is 70.8 Å². The number of fused-ring (bicyclic) bond motifs is 1. The van der Waals surface area contributed by atoms with Gasteiger partial charge in [-0.25, -0.2) is 0 Å². The SMILES string of the molecule is CCCC1(CC2=Cc3c(cccc3-c3ccccc3C(C)(C)C)C2)CCCCC1. The van der Waals surface area contributed by atoms with Crippen LogP contribution in [0.3, 0.4) is 0 Å². The zero-order chi connectivity index (χ0) is 20.5. The Morgan fingerprint density at radius 1 is 0.862 bits per heavy atom. The molecule has 2 aliphatic rings. The monoisotopic (exact) mass is 386 g/mol. The second-order valence-electron chi connectivity index (χ2n) is 10.6. The van der Waals surface area contributed by atoms with Crippen molar-refractivity contribution in [1.29, 1.82) is 0 Å². The van der Waals surface area contributed by atoms with Crippen LogP contribution in [-0.2, 0) is 11.8 Å². The topological polar surface area (TPSA) is 0 Å². The van der Waals surface area contributed by atoms with Crippen LogP contribution in [0.1, 0.15) is 95.8 Å². The molecule has 1 saturated carbocycles. The lowest BCUT2D eigenvalue weighted by atomic mass is 9.67. The highest BCUT2D eigenvalue weighted by Gasteiger charge is 2.33. The number of benzene rings is 2. The predicted octanol–water partition coefficient (Wildman–Crippen LogP) is 8.73. The van der Waals surface area contributed by atoms with Crippen LogP contribution >= 0.6 is 0 Å². The van der Waals surface area contributed by atoms with E-state index in [0.717, 1.165) is 6.42 Å². The van der Waals surface area contributed by atoms with E-state index in [9.17, 15) is 0 Å². The van der Waals surface area contributed by atoms with Crippen LogP contribution in [0.4, 0.5) is 0 Å². The summed E-state index contributed by atoms with van der Waals surface area (Å²) in [5.74, 6) is 0. The van der Waals surface area contributed by atoms with Crippen molar-refractivity contribution >= 4 is 6.08 Å². The fourth-order valence-corrected chi connectivity index (χ4v) is 5.99. The molecule has 2 aliphatic carbocycles. The van der Waals surface area contributed by atoms with Crippen LogP contribution in [0.2, 0.25) is 0 Å². The Hall–Kier alpha value is -1.82. The Morgan fingerprint density at radius 3 is 2.31 bits per heavy atom. The molecule has 0 spiro atoms. The molecule has 0 heteroatoms. The van der Waals surface area contributed by atoms with Crippen molar-refractivity contribution in [3.05, 3.63) is 64.7 Å².